The maximum absolute atomic E-state index is 6.08. The molecule has 1 aromatic carbocycles. The number of nitrogens with zero attached hydrogens (tertiary/aromatic N) is 2. The van der Waals surface area contributed by atoms with Crippen molar-refractivity contribution in [3.63, 3.8) is 0 Å². The van der Waals surface area contributed by atoms with E-state index in [9.17, 15) is 0 Å². The second-order valence-electron chi connectivity index (χ2n) is 3.79. The maximum atomic E-state index is 6.08. The summed E-state index contributed by atoms with van der Waals surface area (Å²) in [6.45, 7) is 4.37. The molecular weight excluding hydrogens is 254 g/mol. The van der Waals surface area contributed by atoms with Crippen molar-refractivity contribution in [2.24, 2.45) is 0 Å². The van der Waals surface area contributed by atoms with Crippen LogP contribution in [-0.4, -0.2) is 16.7 Å². The summed E-state index contributed by atoms with van der Waals surface area (Å²) in [6, 6.07) is 5.13. The Morgan fingerprint density at radius 1 is 1.50 bits per heavy atom. The predicted molar refractivity (Wildman–Crippen MR) is 69.2 cm³/mol. The van der Waals surface area contributed by atoms with E-state index in [1.165, 1.54) is 0 Å². The van der Waals surface area contributed by atoms with Gasteiger partial charge in [0, 0.05) is 12.3 Å². The Morgan fingerprint density at radius 3 is 2.94 bits per heavy atom. The van der Waals surface area contributed by atoms with Crippen LogP contribution in [0.5, 0.6) is 0 Å². The van der Waals surface area contributed by atoms with Crippen LogP contribution in [-0.2, 0) is 4.74 Å². The molecule has 1 heterocycles. The Labute approximate surface area is 110 Å². The van der Waals surface area contributed by atoms with Crippen molar-refractivity contribution in [3.05, 3.63) is 29.0 Å². The van der Waals surface area contributed by atoms with Crippen LogP contribution >= 0.6 is 11.6 Å². The number of benzene rings is 1. The van der Waals surface area contributed by atoms with Crippen LogP contribution in [0, 0.1) is 0 Å². The van der Waals surface area contributed by atoms with Crippen LogP contribution in [0.25, 0.3) is 11.5 Å². The highest BCUT2D eigenvalue weighted by Crippen LogP contribution is 2.29. The van der Waals surface area contributed by atoms with Crippen molar-refractivity contribution in [3.8, 4) is 11.5 Å². The summed E-state index contributed by atoms with van der Waals surface area (Å²) >= 11 is 6.08. The lowest BCUT2D eigenvalue weighted by molar-refractivity contribution is 0.0683. The fraction of sp³-hybridized carbons (Fsp3) is 0.333. The molecule has 2 aromatic rings. The van der Waals surface area contributed by atoms with E-state index in [2.05, 4.69) is 10.1 Å². The van der Waals surface area contributed by atoms with Crippen LogP contribution in [0.4, 0.5) is 5.69 Å². The number of rotatable bonds is 4. The zero-order valence-electron chi connectivity index (χ0n) is 10.2. The van der Waals surface area contributed by atoms with E-state index in [1.54, 1.807) is 18.2 Å². The van der Waals surface area contributed by atoms with E-state index in [0.29, 0.717) is 34.6 Å². The van der Waals surface area contributed by atoms with E-state index in [-0.39, 0.29) is 6.10 Å². The summed E-state index contributed by atoms with van der Waals surface area (Å²) in [5, 5.41) is 4.35. The molecule has 1 atom stereocenters. The Balaban J connectivity index is 2.29. The Kier molecular flexibility index (Phi) is 3.84. The van der Waals surface area contributed by atoms with Gasteiger partial charge in [-0.25, -0.2) is 0 Å². The maximum Gasteiger partial charge on any atom is 0.259 e. The molecule has 1 aromatic heterocycles. The zero-order valence-corrected chi connectivity index (χ0v) is 10.9. The highest BCUT2D eigenvalue weighted by molar-refractivity contribution is 6.33. The van der Waals surface area contributed by atoms with Gasteiger partial charge in [-0.05, 0) is 32.0 Å². The third-order valence-corrected chi connectivity index (χ3v) is 2.76. The number of nitrogens with two attached hydrogens (primary N) is 1. The van der Waals surface area contributed by atoms with Crippen molar-refractivity contribution in [1.82, 2.24) is 10.1 Å². The minimum absolute atomic E-state index is 0.208. The van der Waals surface area contributed by atoms with E-state index in [1.807, 2.05) is 13.8 Å². The summed E-state index contributed by atoms with van der Waals surface area (Å²) in [4.78, 5) is 4.26. The summed E-state index contributed by atoms with van der Waals surface area (Å²) in [6.07, 6.45) is -0.208. The van der Waals surface area contributed by atoms with Crippen molar-refractivity contribution in [2.75, 3.05) is 12.3 Å². The largest absolute Gasteiger partial charge is 0.399 e. The van der Waals surface area contributed by atoms with Crippen LogP contribution in [0.15, 0.2) is 22.7 Å². The number of hydrogen-bond donors (Lipinski definition) is 1. The van der Waals surface area contributed by atoms with E-state index in [4.69, 9.17) is 26.6 Å². The average molecular weight is 268 g/mol. The van der Waals surface area contributed by atoms with Crippen molar-refractivity contribution < 1.29 is 9.26 Å². The Bertz CT molecular complexity index is 542. The minimum Gasteiger partial charge on any atom is -0.399 e. The molecule has 1 unspecified atom stereocenters. The summed E-state index contributed by atoms with van der Waals surface area (Å²) < 4.78 is 10.6. The molecular formula is C12H14ClN3O2. The van der Waals surface area contributed by atoms with Crippen LogP contribution in [0.2, 0.25) is 5.02 Å². The predicted octanol–water partition coefficient (Wildman–Crippen LogP) is 3.07. The molecule has 0 amide bonds. The molecule has 0 aliphatic carbocycles. The van der Waals surface area contributed by atoms with Gasteiger partial charge >= 0.3 is 0 Å². The first-order chi connectivity index (χ1) is 8.61. The van der Waals surface area contributed by atoms with Crippen LogP contribution in [0.3, 0.4) is 0 Å². The molecule has 0 radical (unpaired) electrons. The quantitative estimate of drug-likeness (QED) is 0.862. The highest BCUT2D eigenvalue weighted by Gasteiger charge is 2.16. The van der Waals surface area contributed by atoms with Gasteiger partial charge in [0.2, 0.25) is 5.82 Å². The van der Waals surface area contributed by atoms with Gasteiger partial charge in [0.05, 0.1) is 10.6 Å². The van der Waals surface area contributed by atoms with Gasteiger partial charge in [-0.3, -0.25) is 0 Å². The molecule has 0 saturated carbocycles. The molecule has 0 bridgehead atoms. The third-order valence-electron chi connectivity index (χ3n) is 2.45. The molecule has 2 N–H and O–H groups in total. The van der Waals surface area contributed by atoms with Gasteiger partial charge in [0.25, 0.3) is 5.89 Å². The fourth-order valence-corrected chi connectivity index (χ4v) is 1.81. The molecule has 18 heavy (non-hydrogen) atoms. The highest BCUT2D eigenvalue weighted by atomic mass is 35.5. The average Bonchev–Trinajstić information content (AvgIpc) is 2.78. The lowest BCUT2D eigenvalue weighted by atomic mass is 10.2. The molecule has 0 fully saturated rings. The molecule has 5 nitrogen and oxygen atoms in total. The molecule has 0 saturated heterocycles. The van der Waals surface area contributed by atoms with Crippen molar-refractivity contribution >= 4 is 17.3 Å². The van der Waals surface area contributed by atoms with Crippen LogP contribution < -0.4 is 5.73 Å². The van der Waals surface area contributed by atoms with Gasteiger partial charge in [0.1, 0.15) is 6.10 Å². The second kappa shape index (κ2) is 5.37. The summed E-state index contributed by atoms with van der Waals surface area (Å²) in [5.41, 5.74) is 6.88. The monoisotopic (exact) mass is 267 g/mol. The number of anilines is 1. The van der Waals surface area contributed by atoms with E-state index in [0.717, 1.165) is 0 Å². The fourth-order valence-electron chi connectivity index (χ4n) is 1.54. The van der Waals surface area contributed by atoms with Gasteiger partial charge in [0.15, 0.2) is 0 Å². The molecule has 0 aliphatic heterocycles. The first-order valence-corrected chi connectivity index (χ1v) is 6.00. The number of halogens is 1. The van der Waals surface area contributed by atoms with E-state index < -0.39 is 0 Å². The van der Waals surface area contributed by atoms with Crippen molar-refractivity contribution in [1.29, 1.82) is 0 Å². The topological polar surface area (TPSA) is 74.2 Å². The lowest BCUT2D eigenvalue weighted by Gasteiger charge is -2.04. The number of nitrogen functional groups attached to an aromatic ring is 1. The second-order valence-corrected chi connectivity index (χ2v) is 4.20. The standard InChI is InChI=1S/C12H14ClN3O2/c1-3-17-7(2)11-15-12(18-16-11)9-5-4-8(14)6-10(9)13/h4-7H,3,14H2,1-2H3. The lowest BCUT2D eigenvalue weighted by Crippen LogP contribution is -2.01. The molecule has 6 heteroatoms. The number of ether oxygens (including phenoxy) is 1. The normalized spacial score (nSPS) is 12.6. The smallest absolute Gasteiger partial charge is 0.259 e. The van der Waals surface area contributed by atoms with Gasteiger partial charge in [-0.15, -0.1) is 0 Å². The zero-order chi connectivity index (χ0) is 13.1. The Hall–Kier alpha value is -1.59. The number of hydrogen-bond acceptors (Lipinski definition) is 5. The van der Waals surface area contributed by atoms with Gasteiger partial charge in [-0.1, -0.05) is 16.8 Å². The molecule has 0 spiro atoms. The molecule has 0 aliphatic rings. The summed E-state index contributed by atoms with van der Waals surface area (Å²) in [7, 11) is 0. The molecule has 96 valence electrons. The minimum atomic E-state index is -0.208. The first-order valence-electron chi connectivity index (χ1n) is 5.62. The van der Waals surface area contributed by atoms with E-state index >= 15 is 0 Å². The Morgan fingerprint density at radius 2 is 2.28 bits per heavy atom. The third kappa shape index (κ3) is 2.63. The van der Waals surface area contributed by atoms with Crippen LogP contribution in [0.1, 0.15) is 25.8 Å². The van der Waals surface area contributed by atoms with Gasteiger partial charge < -0.3 is 15.0 Å². The van der Waals surface area contributed by atoms with Crippen molar-refractivity contribution in [2.45, 2.75) is 20.0 Å². The first kappa shape index (κ1) is 12.9. The number of aromatic nitrogens is 2. The SMILES string of the molecule is CCOC(C)c1noc(-c2ccc(N)cc2Cl)n1. The molecule has 2 rings (SSSR count). The summed E-state index contributed by atoms with van der Waals surface area (Å²) in [5.74, 6) is 0.862. The van der Waals surface area contributed by atoms with Gasteiger partial charge in [-0.2, -0.15) is 4.98 Å².